The zero-order valence-electron chi connectivity index (χ0n) is 9.54. The Labute approximate surface area is 99.0 Å². The van der Waals surface area contributed by atoms with E-state index in [1.807, 2.05) is 16.8 Å². The first kappa shape index (κ1) is 10.5. The molecule has 6 nitrogen and oxygen atoms in total. The van der Waals surface area contributed by atoms with Gasteiger partial charge in [0.05, 0.1) is 18.9 Å². The summed E-state index contributed by atoms with van der Waals surface area (Å²) < 4.78 is 7.32. The second kappa shape index (κ2) is 4.31. The summed E-state index contributed by atoms with van der Waals surface area (Å²) in [6.07, 6.45) is 5.63. The molecule has 1 fully saturated rings. The van der Waals surface area contributed by atoms with E-state index in [-0.39, 0.29) is 0 Å². The van der Waals surface area contributed by atoms with Gasteiger partial charge < -0.3 is 19.8 Å². The van der Waals surface area contributed by atoms with Crippen molar-refractivity contribution in [1.82, 2.24) is 14.4 Å². The Morgan fingerprint density at radius 1 is 1.35 bits per heavy atom. The topological polar surface area (TPSA) is 68.7 Å². The second-order valence-electron chi connectivity index (χ2n) is 4.02. The van der Waals surface area contributed by atoms with Gasteiger partial charge in [-0.2, -0.15) is 0 Å². The monoisotopic (exact) mass is 233 g/mol. The van der Waals surface area contributed by atoms with Crippen LogP contribution in [0.25, 0.3) is 5.65 Å². The number of fused-ring (bicyclic) bond motifs is 1. The minimum absolute atomic E-state index is 0.449. The molecule has 3 heterocycles. The Morgan fingerprint density at radius 2 is 2.18 bits per heavy atom. The highest BCUT2D eigenvalue weighted by molar-refractivity contribution is 5.64. The van der Waals surface area contributed by atoms with E-state index in [0.29, 0.717) is 6.54 Å². The van der Waals surface area contributed by atoms with Crippen molar-refractivity contribution in [1.29, 1.82) is 0 Å². The SMILES string of the molecule is NCc1cn2ccnc(N3CCOCC3)c2n1. The third-order valence-electron chi connectivity index (χ3n) is 2.93. The summed E-state index contributed by atoms with van der Waals surface area (Å²) in [4.78, 5) is 11.1. The normalized spacial score (nSPS) is 16.6. The molecule has 6 heteroatoms. The maximum atomic E-state index is 5.61. The van der Waals surface area contributed by atoms with Crippen molar-refractivity contribution in [3.05, 3.63) is 24.3 Å². The van der Waals surface area contributed by atoms with E-state index < -0.39 is 0 Å². The lowest BCUT2D eigenvalue weighted by Gasteiger charge is -2.27. The Kier molecular flexibility index (Phi) is 2.66. The van der Waals surface area contributed by atoms with Crippen molar-refractivity contribution in [2.45, 2.75) is 6.54 Å². The van der Waals surface area contributed by atoms with Gasteiger partial charge in [-0.05, 0) is 0 Å². The Bertz CT molecular complexity index is 518. The van der Waals surface area contributed by atoms with Crippen LogP contribution in [0.4, 0.5) is 5.82 Å². The van der Waals surface area contributed by atoms with Gasteiger partial charge in [-0.15, -0.1) is 0 Å². The van der Waals surface area contributed by atoms with Crippen LogP contribution in [0, 0.1) is 0 Å². The molecule has 0 bridgehead atoms. The molecule has 90 valence electrons. The van der Waals surface area contributed by atoms with Gasteiger partial charge in [0.25, 0.3) is 0 Å². The van der Waals surface area contributed by atoms with Crippen molar-refractivity contribution < 1.29 is 4.74 Å². The molecule has 1 saturated heterocycles. The van der Waals surface area contributed by atoms with Gasteiger partial charge in [0.1, 0.15) is 0 Å². The van der Waals surface area contributed by atoms with Crippen molar-refractivity contribution in [2.24, 2.45) is 5.73 Å². The summed E-state index contributed by atoms with van der Waals surface area (Å²) in [5.41, 5.74) is 7.36. The highest BCUT2D eigenvalue weighted by atomic mass is 16.5. The van der Waals surface area contributed by atoms with Crippen molar-refractivity contribution in [2.75, 3.05) is 31.2 Å². The van der Waals surface area contributed by atoms with Gasteiger partial charge in [-0.3, -0.25) is 0 Å². The van der Waals surface area contributed by atoms with E-state index in [1.54, 1.807) is 6.20 Å². The van der Waals surface area contributed by atoms with Gasteiger partial charge in [0.2, 0.25) is 0 Å². The zero-order chi connectivity index (χ0) is 11.7. The van der Waals surface area contributed by atoms with Crippen molar-refractivity contribution >= 4 is 11.5 Å². The fraction of sp³-hybridized carbons (Fsp3) is 0.455. The number of hydrogen-bond acceptors (Lipinski definition) is 5. The molecule has 1 aliphatic heterocycles. The molecular formula is C11H15N5O. The number of anilines is 1. The van der Waals surface area contributed by atoms with Gasteiger partial charge in [0.15, 0.2) is 11.5 Å². The molecule has 0 saturated carbocycles. The quantitative estimate of drug-likeness (QED) is 0.792. The molecule has 0 spiro atoms. The number of imidazole rings is 1. The largest absolute Gasteiger partial charge is 0.378 e. The lowest BCUT2D eigenvalue weighted by atomic mass is 10.4. The predicted octanol–water partition coefficient (Wildman–Crippen LogP) is 0.0246. The van der Waals surface area contributed by atoms with E-state index in [4.69, 9.17) is 10.5 Å². The fourth-order valence-electron chi connectivity index (χ4n) is 2.05. The van der Waals surface area contributed by atoms with E-state index in [2.05, 4.69) is 14.9 Å². The van der Waals surface area contributed by atoms with E-state index >= 15 is 0 Å². The lowest BCUT2D eigenvalue weighted by molar-refractivity contribution is 0.122. The van der Waals surface area contributed by atoms with Crippen molar-refractivity contribution in [3.8, 4) is 0 Å². The molecule has 3 rings (SSSR count). The molecule has 0 aliphatic carbocycles. The summed E-state index contributed by atoms with van der Waals surface area (Å²) in [5.74, 6) is 0.912. The minimum Gasteiger partial charge on any atom is -0.378 e. The lowest BCUT2D eigenvalue weighted by Crippen LogP contribution is -2.37. The van der Waals surface area contributed by atoms with Crippen LogP contribution in [-0.4, -0.2) is 40.7 Å². The first-order valence-corrected chi connectivity index (χ1v) is 5.74. The second-order valence-corrected chi connectivity index (χ2v) is 4.02. The third kappa shape index (κ3) is 1.85. The number of hydrogen-bond donors (Lipinski definition) is 1. The molecule has 0 amide bonds. The first-order valence-electron chi connectivity index (χ1n) is 5.74. The van der Waals surface area contributed by atoms with E-state index in [9.17, 15) is 0 Å². The molecule has 2 aromatic rings. The number of nitrogens with zero attached hydrogens (tertiary/aromatic N) is 4. The molecule has 1 aliphatic rings. The van der Waals surface area contributed by atoms with Crippen LogP contribution in [0.1, 0.15) is 5.69 Å². The van der Waals surface area contributed by atoms with Crippen LogP contribution in [0.15, 0.2) is 18.6 Å². The molecular weight excluding hydrogens is 218 g/mol. The minimum atomic E-state index is 0.449. The third-order valence-corrected chi connectivity index (χ3v) is 2.93. The summed E-state index contributed by atoms with van der Waals surface area (Å²) in [5, 5.41) is 0. The number of nitrogens with two attached hydrogens (primary N) is 1. The maximum absolute atomic E-state index is 5.61. The van der Waals surface area contributed by atoms with E-state index in [0.717, 1.165) is 43.5 Å². The maximum Gasteiger partial charge on any atom is 0.180 e. The summed E-state index contributed by atoms with van der Waals surface area (Å²) >= 11 is 0. The van der Waals surface area contributed by atoms with Gasteiger partial charge in [-0.25, -0.2) is 9.97 Å². The molecule has 0 aromatic carbocycles. The Hall–Kier alpha value is -1.66. The van der Waals surface area contributed by atoms with Crippen LogP contribution in [0.2, 0.25) is 0 Å². The Morgan fingerprint density at radius 3 is 2.94 bits per heavy atom. The Balaban J connectivity index is 2.05. The average molecular weight is 233 g/mol. The van der Waals surface area contributed by atoms with E-state index in [1.165, 1.54) is 0 Å². The molecule has 0 unspecified atom stereocenters. The van der Waals surface area contributed by atoms with Crippen LogP contribution < -0.4 is 10.6 Å². The van der Waals surface area contributed by atoms with Crippen molar-refractivity contribution in [3.63, 3.8) is 0 Å². The standard InChI is InChI=1S/C11H15N5O/c12-7-9-8-16-2-1-13-10(11(16)14-9)15-3-5-17-6-4-15/h1-2,8H,3-7,12H2. The first-order chi connectivity index (χ1) is 8.38. The summed E-state index contributed by atoms with van der Waals surface area (Å²) in [7, 11) is 0. The van der Waals surface area contributed by atoms with Crippen LogP contribution >= 0.6 is 0 Å². The smallest absolute Gasteiger partial charge is 0.180 e. The van der Waals surface area contributed by atoms with Crippen LogP contribution in [0.3, 0.4) is 0 Å². The number of rotatable bonds is 2. The summed E-state index contributed by atoms with van der Waals surface area (Å²) in [6.45, 7) is 3.65. The number of ether oxygens (including phenoxy) is 1. The van der Waals surface area contributed by atoms with Crippen LogP contribution in [-0.2, 0) is 11.3 Å². The molecule has 2 N–H and O–H groups in total. The zero-order valence-corrected chi connectivity index (χ0v) is 9.54. The van der Waals surface area contributed by atoms with Gasteiger partial charge >= 0.3 is 0 Å². The summed E-state index contributed by atoms with van der Waals surface area (Å²) in [6, 6.07) is 0. The highest BCUT2D eigenvalue weighted by Gasteiger charge is 2.16. The van der Waals surface area contributed by atoms with Gasteiger partial charge in [0, 0.05) is 38.2 Å². The molecule has 17 heavy (non-hydrogen) atoms. The fourth-order valence-corrected chi connectivity index (χ4v) is 2.05. The molecule has 2 aromatic heterocycles. The van der Waals surface area contributed by atoms with Crippen LogP contribution in [0.5, 0.6) is 0 Å². The average Bonchev–Trinajstić information content (AvgIpc) is 2.82. The highest BCUT2D eigenvalue weighted by Crippen LogP contribution is 2.19. The molecule has 0 atom stereocenters. The molecule has 0 radical (unpaired) electrons. The van der Waals surface area contributed by atoms with Gasteiger partial charge in [-0.1, -0.05) is 0 Å². The predicted molar refractivity (Wildman–Crippen MR) is 63.9 cm³/mol. The number of morpholine rings is 1. The number of aromatic nitrogens is 3.